The van der Waals surface area contributed by atoms with Crippen LogP contribution < -0.4 is 14.8 Å². The Kier molecular flexibility index (Phi) is 4.85. The molecule has 1 aromatic rings. The van der Waals surface area contributed by atoms with E-state index in [9.17, 15) is 8.42 Å². The third kappa shape index (κ3) is 3.84. The summed E-state index contributed by atoms with van der Waals surface area (Å²) in [7, 11) is -0.292. The lowest BCUT2D eigenvalue weighted by atomic mass is 10.3. The van der Waals surface area contributed by atoms with Crippen LogP contribution in [-0.2, 0) is 14.8 Å². The minimum absolute atomic E-state index is 0.0898. The summed E-state index contributed by atoms with van der Waals surface area (Å²) in [6, 6.07) is 4.87. The van der Waals surface area contributed by atoms with Gasteiger partial charge in [0.05, 0.1) is 24.3 Å². The third-order valence-corrected chi connectivity index (χ3v) is 4.52. The first-order valence-electron chi connectivity index (χ1n) is 6.50. The molecule has 0 unspecified atom stereocenters. The maximum Gasteiger partial charge on any atom is 0.240 e. The number of ether oxygens (including phenoxy) is 2. The van der Waals surface area contributed by atoms with Gasteiger partial charge in [0.15, 0.2) is 0 Å². The van der Waals surface area contributed by atoms with Gasteiger partial charge in [-0.2, -0.15) is 0 Å². The van der Waals surface area contributed by atoms with Crippen molar-refractivity contribution in [2.75, 3.05) is 32.7 Å². The zero-order chi connectivity index (χ0) is 14.6. The van der Waals surface area contributed by atoms with Crippen LogP contribution in [0.5, 0.6) is 5.75 Å². The van der Waals surface area contributed by atoms with Crippen molar-refractivity contribution in [3.8, 4) is 5.75 Å². The van der Waals surface area contributed by atoms with Crippen LogP contribution in [0.4, 0.5) is 5.69 Å². The first kappa shape index (κ1) is 15.1. The van der Waals surface area contributed by atoms with E-state index in [0.717, 1.165) is 12.8 Å². The van der Waals surface area contributed by atoms with Gasteiger partial charge in [-0.1, -0.05) is 0 Å². The van der Waals surface area contributed by atoms with Crippen molar-refractivity contribution in [2.24, 2.45) is 0 Å². The van der Waals surface area contributed by atoms with Crippen LogP contribution in [0.3, 0.4) is 0 Å². The molecule has 7 heteroatoms. The summed E-state index contributed by atoms with van der Waals surface area (Å²) >= 11 is 0. The normalized spacial score (nSPS) is 15.1. The molecule has 0 radical (unpaired) electrons. The molecular formula is C13H20N2O4S. The average molecular weight is 300 g/mol. The second kappa shape index (κ2) is 6.43. The van der Waals surface area contributed by atoms with Gasteiger partial charge in [0, 0.05) is 19.7 Å². The minimum Gasteiger partial charge on any atom is -0.495 e. The second-order valence-electron chi connectivity index (χ2n) is 4.68. The van der Waals surface area contributed by atoms with Gasteiger partial charge in [0.2, 0.25) is 10.0 Å². The van der Waals surface area contributed by atoms with Crippen molar-refractivity contribution in [3.05, 3.63) is 18.2 Å². The fourth-order valence-electron chi connectivity index (χ4n) is 1.77. The van der Waals surface area contributed by atoms with E-state index in [0.29, 0.717) is 24.6 Å². The highest BCUT2D eigenvalue weighted by Crippen LogP contribution is 2.28. The molecule has 6 nitrogen and oxygen atoms in total. The molecule has 0 heterocycles. The van der Waals surface area contributed by atoms with E-state index in [1.54, 1.807) is 32.4 Å². The number of sulfonamides is 1. The summed E-state index contributed by atoms with van der Waals surface area (Å²) in [5, 5.41) is 3.10. The number of nitrogens with one attached hydrogen (secondary N) is 2. The van der Waals surface area contributed by atoms with Gasteiger partial charge in [0.25, 0.3) is 0 Å². The van der Waals surface area contributed by atoms with Crippen molar-refractivity contribution >= 4 is 15.7 Å². The average Bonchev–Trinajstić information content (AvgIpc) is 3.22. The van der Waals surface area contributed by atoms with Gasteiger partial charge in [-0.3, -0.25) is 0 Å². The number of hydrogen-bond donors (Lipinski definition) is 2. The zero-order valence-corrected chi connectivity index (χ0v) is 12.5. The van der Waals surface area contributed by atoms with Crippen molar-refractivity contribution < 1.29 is 17.9 Å². The lowest BCUT2D eigenvalue weighted by Gasteiger charge is -2.13. The lowest BCUT2D eigenvalue weighted by molar-refractivity contribution is 0.210. The number of rotatable bonds is 8. The maximum absolute atomic E-state index is 12.2. The van der Waals surface area contributed by atoms with Crippen LogP contribution in [0.2, 0.25) is 0 Å². The quantitative estimate of drug-likeness (QED) is 0.705. The Morgan fingerprint density at radius 3 is 2.65 bits per heavy atom. The summed E-state index contributed by atoms with van der Waals surface area (Å²) in [4.78, 5) is 0.241. The van der Waals surface area contributed by atoms with Crippen molar-refractivity contribution in [3.63, 3.8) is 0 Å². The maximum atomic E-state index is 12.2. The highest BCUT2D eigenvalue weighted by molar-refractivity contribution is 7.89. The Hall–Kier alpha value is -1.31. The number of benzene rings is 1. The Morgan fingerprint density at radius 1 is 1.30 bits per heavy atom. The van der Waals surface area contributed by atoms with Gasteiger partial charge < -0.3 is 14.8 Å². The molecule has 0 saturated heterocycles. The SMILES string of the molecule is COCCNc1cc(S(=O)(=O)NC2CC2)ccc1OC. The van der Waals surface area contributed by atoms with Crippen molar-refractivity contribution in [1.29, 1.82) is 0 Å². The Labute approximate surface area is 119 Å². The van der Waals surface area contributed by atoms with Crippen LogP contribution >= 0.6 is 0 Å². The highest BCUT2D eigenvalue weighted by atomic mass is 32.2. The molecule has 0 atom stereocenters. The topological polar surface area (TPSA) is 76.7 Å². The molecule has 1 saturated carbocycles. The van der Waals surface area contributed by atoms with Crippen LogP contribution in [0.1, 0.15) is 12.8 Å². The molecule has 0 bridgehead atoms. The molecule has 1 aliphatic carbocycles. The van der Waals surface area contributed by atoms with E-state index in [2.05, 4.69) is 10.0 Å². The molecule has 0 aliphatic heterocycles. The smallest absolute Gasteiger partial charge is 0.240 e. The van der Waals surface area contributed by atoms with E-state index in [1.165, 1.54) is 0 Å². The summed E-state index contributed by atoms with van der Waals surface area (Å²) < 4.78 is 37.2. The third-order valence-electron chi connectivity index (χ3n) is 3.00. The molecule has 0 amide bonds. The van der Waals surface area contributed by atoms with E-state index >= 15 is 0 Å². The molecule has 20 heavy (non-hydrogen) atoms. The monoisotopic (exact) mass is 300 g/mol. The number of methoxy groups -OCH3 is 2. The molecule has 112 valence electrons. The van der Waals surface area contributed by atoms with Gasteiger partial charge in [0.1, 0.15) is 5.75 Å². The molecule has 1 aromatic carbocycles. The van der Waals surface area contributed by atoms with Crippen LogP contribution in [0, 0.1) is 0 Å². The van der Waals surface area contributed by atoms with Gasteiger partial charge >= 0.3 is 0 Å². The first-order chi connectivity index (χ1) is 9.56. The van der Waals surface area contributed by atoms with E-state index in [-0.39, 0.29) is 10.9 Å². The Bertz CT molecular complexity index is 555. The molecule has 1 aliphatic rings. The van der Waals surface area contributed by atoms with Gasteiger partial charge in [-0.25, -0.2) is 13.1 Å². The van der Waals surface area contributed by atoms with E-state index < -0.39 is 10.0 Å². The molecule has 1 fully saturated rings. The molecule has 0 aromatic heterocycles. The van der Waals surface area contributed by atoms with E-state index in [1.807, 2.05) is 0 Å². The zero-order valence-electron chi connectivity index (χ0n) is 11.7. The first-order valence-corrected chi connectivity index (χ1v) is 7.98. The Morgan fingerprint density at radius 2 is 2.05 bits per heavy atom. The molecule has 0 spiro atoms. The van der Waals surface area contributed by atoms with Crippen LogP contribution in [0.15, 0.2) is 23.1 Å². The summed E-state index contributed by atoms with van der Waals surface area (Å²) in [5.74, 6) is 0.603. The highest BCUT2D eigenvalue weighted by Gasteiger charge is 2.28. The van der Waals surface area contributed by atoms with Gasteiger partial charge in [-0.15, -0.1) is 0 Å². The van der Waals surface area contributed by atoms with Crippen molar-refractivity contribution in [2.45, 2.75) is 23.8 Å². The largest absolute Gasteiger partial charge is 0.495 e. The fourth-order valence-corrected chi connectivity index (χ4v) is 3.10. The second-order valence-corrected chi connectivity index (χ2v) is 6.39. The lowest BCUT2D eigenvalue weighted by Crippen LogP contribution is -2.25. The number of hydrogen-bond acceptors (Lipinski definition) is 5. The predicted molar refractivity (Wildman–Crippen MR) is 76.7 cm³/mol. The fraction of sp³-hybridized carbons (Fsp3) is 0.538. The summed E-state index contributed by atoms with van der Waals surface area (Å²) in [6.45, 7) is 1.10. The Balaban J connectivity index is 2.19. The molecule has 2 N–H and O–H groups in total. The predicted octanol–water partition coefficient (Wildman–Crippen LogP) is 1.19. The summed E-state index contributed by atoms with van der Waals surface area (Å²) in [5.41, 5.74) is 0.642. The van der Waals surface area contributed by atoms with Crippen molar-refractivity contribution in [1.82, 2.24) is 4.72 Å². The van der Waals surface area contributed by atoms with E-state index in [4.69, 9.17) is 9.47 Å². The standard InChI is InChI=1S/C13H20N2O4S/c1-18-8-7-14-12-9-11(5-6-13(12)19-2)20(16,17)15-10-3-4-10/h5-6,9-10,14-15H,3-4,7-8H2,1-2H3. The van der Waals surface area contributed by atoms with Crippen LogP contribution in [-0.4, -0.2) is 41.8 Å². The number of anilines is 1. The minimum atomic E-state index is -3.45. The van der Waals surface area contributed by atoms with Gasteiger partial charge in [-0.05, 0) is 31.0 Å². The molecule has 2 rings (SSSR count). The van der Waals surface area contributed by atoms with Crippen LogP contribution in [0.25, 0.3) is 0 Å². The molecular weight excluding hydrogens is 280 g/mol. The summed E-state index contributed by atoms with van der Waals surface area (Å²) in [6.07, 6.45) is 1.82.